The number of aromatic amines is 1. The maximum atomic E-state index is 15.3. The average molecular weight is 535 g/mol. The van der Waals surface area contributed by atoms with E-state index in [0.29, 0.717) is 35.6 Å². The number of anilines is 1. The van der Waals surface area contributed by atoms with Crippen LogP contribution in [0, 0.1) is 5.82 Å². The van der Waals surface area contributed by atoms with E-state index >= 15 is 4.39 Å². The number of carbonyl (C=O) groups excluding carboxylic acids is 1. The van der Waals surface area contributed by atoms with E-state index in [0.717, 1.165) is 17.7 Å². The minimum absolute atomic E-state index is 0.0493. The molecule has 3 N–H and O–H groups in total. The Morgan fingerprint density at radius 1 is 1.18 bits per heavy atom. The molecule has 2 aliphatic heterocycles. The Labute approximate surface area is 219 Å². The number of hydrogen-bond donors (Lipinski definition) is 3. The van der Waals surface area contributed by atoms with Crippen molar-refractivity contribution in [2.75, 3.05) is 5.32 Å². The zero-order valence-electron chi connectivity index (χ0n) is 19.7. The summed E-state index contributed by atoms with van der Waals surface area (Å²) in [6.45, 7) is 0. The van der Waals surface area contributed by atoms with Gasteiger partial charge in [-0.2, -0.15) is 4.68 Å². The van der Waals surface area contributed by atoms with Gasteiger partial charge < -0.3 is 15.0 Å². The second-order valence-electron chi connectivity index (χ2n) is 9.07. The molecular formula is C25H20ClFN8O3. The lowest BCUT2D eigenvalue weighted by molar-refractivity contribution is -0.129. The topological polar surface area (TPSA) is 142 Å². The summed E-state index contributed by atoms with van der Waals surface area (Å²) in [5.74, 6) is -0.200. The molecule has 0 radical (unpaired) electrons. The molecule has 0 bridgehead atoms. The molecule has 11 nitrogen and oxygen atoms in total. The number of H-pyrrole nitrogens is 1. The fourth-order valence-corrected chi connectivity index (χ4v) is 5.37. The van der Waals surface area contributed by atoms with Crippen LogP contribution < -0.4 is 5.32 Å². The molecule has 0 aliphatic carbocycles. The normalized spacial score (nSPS) is 18.8. The molecular weight excluding hydrogens is 515 g/mol. The molecule has 2 aromatic heterocycles. The van der Waals surface area contributed by atoms with E-state index in [1.54, 1.807) is 41.4 Å². The third-order valence-corrected chi connectivity index (χ3v) is 7.15. The molecule has 2 aromatic carbocycles. The van der Waals surface area contributed by atoms with Gasteiger partial charge in [0, 0.05) is 23.4 Å². The van der Waals surface area contributed by atoms with Crippen molar-refractivity contribution >= 4 is 34.9 Å². The molecule has 1 fully saturated rings. The largest absolute Gasteiger partial charge is 0.465 e. The number of carbonyl (C=O) groups is 2. The van der Waals surface area contributed by atoms with Crippen molar-refractivity contribution < 1.29 is 19.1 Å². The van der Waals surface area contributed by atoms with Crippen LogP contribution in [0.5, 0.6) is 0 Å². The number of nitrogens with one attached hydrogen (secondary N) is 2. The van der Waals surface area contributed by atoms with E-state index in [-0.39, 0.29) is 28.6 Å². The van der Waals surface area contributed by atoms with Gasteiger partial charge in [0.05, 0.1) is 28.6 Å². The number of nitrogens with zero attached hydrogens (tertiary/aromatic N) is 6. The van der Waals surface area contributed by atoms with E-state index in [1.807, 2.05) is 0 Å². The predicted molar refractivity (Wildman–Crippen MR) is 135 cm³/mol. The van der Waals surface area contributed by atoms with Gasteiger partial charge in [-0.25, -0.2) is 14.2 Å². The first-order chi connectivity index (χ1) is 18.4. The standard InChI is InChI=1S/C25H20ClFN8O3/c26-17-6-8-19(34-12-29-32-33-34)22(23(17)27)14-9-16-5-7-20(35(16)21(36)10-14)24-28-11-18(31-24)13-1-3-15(4-2-13)30-25(37)38/h1-4,6,8,10-12,16,20,30H,5,7,9H2,(H,28,31)(H,37,38)/t16-,20+/m1/s1. The molecule has 2 aliphatic rings. The molecule has 13 heteroatoms. The van der Waals surface area contributed by atoms with Crippen LogP contribution in [0.1, 0.15) is 36.7 Å². The molecule has 0 spiro atoms. The Balaban J connectivity index is 1.27. The van der Waals surface area contributed by atoms with Crippen LogP contribution in [0.4, 0.5) is 14.9 Å². The molecule has 0 saturated carbocycles. The van der Waals surface area contributed by atoms with Crippen LogP contribution in [0.2, 0.25) is 5.02 Å². The third-order valence-electron chi connectivity index (χ3n) is 6.86. The fourth-order valence-electron chi connectivity index (χ4n) is 5.21. The van der Waals surface area contributed by atoms with Gasteiger partial charge in [-0.3, -0.25) is 10.1 Å². The lowest BCUT2D eigenvalue weighted by atomic mass is 9.92. The van der Waals surface area contributed by atoms with Crippen molar-refractivity contribution in [1.29, 1.82) is 0 Å². The van der Waals surface area contributed by atoms with E-state index in [9.17, 15) is 9.59 Å². The Bertz CT molecular complexity index is 1570. The van der Waals surface area contributed by atoms with Crippen LogP contribution >= 0.6 is 11.6 Å². The second kappa shape index (κ2) is 9.38. The number of rotatable bonds is 5. The van der Waals surface area contributed by atoms with Gasteiger partial charge in [0.1, 0.15) is 12.2 Å². The summed E-state index contributed by atoms with van der Waals surface area (Å²) in [5.41, 5.74) is 3.19. The van der Waals surface area contributed by atoms with Gasteiger partial charge in [0.15, 0.2) is 5.82 Å². The lowest BCUT2D eigenvalue weighted by Crippen LogP contribution is -2.39. The van der Waals surface area contributed by atoms with Crippen molar-refractivity contribution in [2.45, 2.75) is 31.3 Å². The third kappa shape index (κ3) is 4.18. The van der Waals surface area contributed by atoms with Crippen molar-refractivity contribution in [1.82, 2.24) is 35.1 Å². The van der Waals surface area contributed by atoms with Gasteiger partial charge in [-0.05, 0) is 65.1 Å². The van der Waals surface area contributed by atoms with Crippen LogP contribution in [0.3, 0.4) is 0 Å². The highest BCUT2D eigenvalue weighted by Crippen LogP contribution is 2.44. The van der Waals surface area contributed by atoms with Crippen molar-refractivity contribution in [3.63, 3.8) is 0 Å². The first kappa shape index (κ1) is 23.8. The molecule has 2 atom stereocenters. The number of hydrogen-bond acceptors (Lipinski definition) is 6. The van der Waals surface area contributed by atoms with E-state index < -0.39 is 11.9 Å². The van der Waals surface area contributed by atoms with Crippen LogP contribution in [0.25, 0.3) is 22.5 Å². The number of halogens is 2. The van der Waals surface area contributed by atoms with Crippen LogP contribution in [0.15, 0.2) is 55.0 Å². The summed E-state index contributed by atoms with van der Waals surface area (Å²) in [6, 6.07) is 9.55. The number of tetrazole rings is 1. The van der Waals surface area contributed by atoms with Crippen LogP contribution in [-0.2, 0) is 4.79 Å². The van der Waals surface area contributed by atoms with Gasteiger partial charge in [-0.1, -0.05) is 23.7 Å². The van der Waals surface area contributed by atoms with Gasteiger partial charge in [0.2, 0.25) is 5.91 Å². The Morgan fingerprint density at radius 3 is 2.74 bits per heavy atom. The average Bonchev–Trinajstić information content (AvgIpc) is 3.66. The van der Waals surface area contributed by atoms with Crippen LogP contribution in [-0.4, -0.2) is 58.2 Å². The second-order valence-corrected chi connectivity index (χ2v) is 9.47. The van der Waals surface area contributed by atoms with Gasteiger partial charge >= 0.3 is 6.09 Å². The van der Waals surface area contributed by atoms with E-state index in [4.69, 9.17) is 16.7 Å². The number of aromatic nitrogens is 6. The zero-order chi connectivity index (χ0) is 26.4. The van der Waals surface area contributed by atoms with E-state index in [1.165, 1.54) is 23.2 Å². The summed E-state index contributed by atoms with van der Waals surface area (Å²) < 4.78 is 16.6. The summed E-state index contributed by atoms with van der Waals surface area (Å²) in [7, 11) is 0. The van der Waals surface area contributed by atoms with Crippen molar-refractivity contribution in [3.05, 3.63) is 77.2 Å². The Hall–Kier alpha value is -4.58. The molecule has 2 amide bonds. The molecule has 0 unspecified atom stereocenters. The first-order valence-electron chi connectivity index (χ1n) is 11.8. The Kier molecular flexibility index (Phi) is 5.87. The molecule has 6 rings (SSSR count). The number of benzene rings is 2. The fraction of sp³-hybridized carbons (Fsp3) is 0.200. The Morgan fingerprint density at radius 2 is 2.00 bits per heavy atom. The maximum absolute atomic E-state index is 15.3. The first-order valence-corrected chi connectivity index (χ1v) is 12.2. The SMILES string of the molecule is O=C(O)Nc1ccc(-c2cnc([C@@H]3CC[C@@H]4CC(c5c(-n6cnnn6)ccc(Cl)c5F)=CC(=O)N43)[nH]2)cc1. The number of amides is 2. The quantitative estimate of drug-likeness (QED) is 0.343. The molecule has 4 aromatic rings. The highest BCUT2D eigenvalue weighted by molar-refractivity contribution is 6.31. The lowest BCUT2D eigenvalue weighted by Gasteiger charge is -2.33. The van der Waals surface area contributed by atoms with Crippen molar-refractivity contribution in [3.8, 4) is 16.9 Å². The summed E-state index contributed by atoms with van der Waals surface area (Å²) in [5, 5.41) is 22.3. The highest BCUT2D eigenvalue weighted by Gasteiger charge is 2.42. The van der Waals surface area contributed by atoms with Gasteiger partial charge in [0.25, 0.3) is 0 Å². The summed E-state index contributed by atoms with van der Waals surface area (Å²) >= 11 is 6.10. The number of imidazole rings is 1. The molecule has 4 heterocycles. The number of fused-ring (bicyclic) bond motifs is 1. The zero-order valence-corrected chi connectivity index (χ0v) is 20.4. The predicted octanol–water partition coefficient (Wildman–Crippen LogP) is 4.45. The summed E-state index contributed by atoms with van der Waals surface area (Å²) in [6.07, 6.45) is 5.24. The molecule has 38 heavy (non-hydrogen) atoms. The highest BCUT2D eigenvalue weighted by atomic mass is 35.5. The smallest absolute Gasteiger partial charge is 0.409 e. The van der Waals surface area contributed by atoms with Gasteiger partial charge in [-0.15, -0.1) is 5.10 Å². The molecule has 1 saturated heterocycles. The van der Waals surface area contributed by atoms with E-state index in [2.05, 4.69) is 30.8 Å². The molecule has 192 valence electrons. The minimum Gasteiger partial charge on any atom is -0.465 e. The summed E-state index contributed by atoms with van der Waals surface area (Å²) in [4.78, 5) is 33.9. The van der Waals surface area contributed by atoms with Crippen molar-refractivity contribution in [2.24, 2.45) is 0 Å². The maximum Gasteiger partial charge on any atom is 0.409 e. The minimum atomic E-state index is -1.13. The number of carboxylic acid groups (broad SMARTS) is 1. The monoisotopic (exact) mass is 534 g/mol.